The van der Waals surface area contributed by atoms with E-state index in [1.807, 2.05) is 30.0 Å². The van der Waals surface area contributed by atoms with Gasteiger partial charge in [-0.1, -0.05) is 52.7 Å². The van der Waals surface area contributed by atoms with Gasteiger partial charge in [0.05, 0.1) is 22.2 Å². The van der Waals surface area contributed by atoms with Crippen LogP contribution in [0, 0.1) is 17.8 Å². The number of rotatable bonds is 5. The summed E-state index contributed by atoms with van der Waals surface area (Å²) in [6.07, 6.45) is 3.76. The molecule has 2 fully saturated rings. The Bertz CT molecular complexity index is 1370. The second-order valence-corrected chi connectivity index (χ2v) is 12.5. The summed E-state index contributed by atoms with van der Waals surface area (Å²) >= 11 is 15.2. The molecule has 182 valence electrons. The van der Waals surface area contributed by atoms with Gasteiger partial charge in [-0.15, -0.1) is 11.8 Å². The summed E-state index contributed by atoms with van der Waals surface area (Å²) in [5.74, 6) is 2.52. The Hall–Kier alpha value is -1.93. The smallest absolute Gasteiger partial charge is 0.308 e. The van der Waals surface area contributed by atoms with Crippen LogP contribution in [0.3, 0.4) is 0 Å². The third-order valence-corrected chi connectivity index (χ3v) is 11.2. The fourth-order valence-electron chi connectivity index (χ4n) is 6.28. The highest BCUT2D eigenvalue weighted by atomic mass is 35.5. The maximum Gasteiger partial charge on any atom is 0.308 e. The minimum Gasteiger partial charge on any atom is -0.496 e. The second kappa shape index (κ2) is 9.18. The van der Waals surface area contributed by atoms with Gasteiger partial charge < -0.3 is 10.1 Å². The van der Waals surface area contributed by atoms with Crippen molar-refractivity contribution in [1.29, 1.82) is 0 Å². The number of thioether (sulfide) groups is 1. The van der Waals surface area contributed by atoms with Crippen molar-refractivity contribution in [1.82, 2.24) is 4.57 Å². The summed E-state index contributed by atoms with van der Waals surface area (Å²) in [5, 5.41) is 5.03. The summed E-state index contributed by atoms with van der Waals surface area (Å²) in [6, 6.07) is 13.1. The highest BCUT2D eigenvalue weighted by Crippen LogP contribution is 2.64. The third-order valence-electron chi connectivity index (χ3n) is 7.67. The number of anilines is 1. The molecular weight excluding hydrogens is 523 g/mol. The normalized spacial score (nSPS) is 26.3. The largest absolute Gasteiger partial charge is 0.496 e. The zero-order valence-corrected chi connectivity index (χ0v) is 22.1. The Kier molecular flexibility index (Phi) is 6.16. The van der Waals surface area contributed by atoms with E-state index in [-0.39, 0.29) is 23.2 Å². The lowest BCUT2D eigenvalue weighted by molar-refractivity contribution is -0.116. The monoisotopic (exact) mass is 546 g/mol. The van der Waals surface area contributed by atoms with Crippen LogP contribution in [0.1, 0.15) is 35.6 Å². The predicted molar refractivity (Wildman–Crippen MR) is 142 cm³/mol. The Labute approximate surface area is 221 Å². The van der Waals surface area contributed by atoms with Crippen LogP contribution in [0.4, 0.5) is 5.69 Å². The molecule has 2 aromatic carbocycles. The molecule has 9 heteroatoms. The number of methoxy groups -OCH3 is 1. The van der Waals surface area contributed by atoms with Gasteiger partial charge in [-0.25, -0.2) is 0 Å². The number of aromatic nitrogens is 1. The molecule has 35 heavy (non-hydrogen) atoms. The zero-order valence-electron chi connectivity index (χ0n) is 19.0. The van der Waals surface area contributed by atoms with Gasteiger partial charge in [0, 0.05) is 27.3 Å². The summed E-state index contributed by atoms with van der Waals surface area (Å²) < 4.78 is 7.41. The standard InChI is InChI=1S/C26H24Cl2N2O3S2/c1-33-19-5-3-2-4-16(19)22-21-13-6-7-14(10-13)23(21)34-25-24(22)35-26(32)30(25)12-20(31)29-15-8-9-17(27)18(28)11-15/h2-5,8-9,11,13-14,21-23H,6-7,10,12H2,1H3,(H,29,31). The van der Waals surface area contributed by atoms with Gasteiger partial charge in [0.25, 0.3) is 0 Å². The number of hydrogen-bond donors (Lipinski definition) is 1. The number of ether oxygens (including phenoxy) is 1. The molecule has 1 amide bonds. The van der Waals surface area contributed by atoms with Crippen molar-refractivity contribution in [2.45, 2.75) is 42.0 Å². The van der Waals surface area contributed by atoms with E-state index in [1.165, 1.54) is 30.6 Å². The molecule has 0 spiro atoms. The first-order chi connectivity index (χ1) is 16.9. The molecule has 2 saturated carbocycles. The number of hydrogen-bond acceptors (Lipinski definition) is 5. The molecule has 0 radical (unpaired) electrons. The molecule has 0 saturated heterocycles. The molecule has 2 bridgehead atoms. The van der Waals surface area contributed by atoms with Crippen LogP contribution in [-0.4, -0.2) is 22.8 Å². The van der Waals surface area contributed by atoms with E-state index >= 15 is 0 Å². The Morgan fingerprint density at radius 1 is 1.14 bits per heavy atom. The number of fused-ring (bicyclic) bond motifs is 6. The minimum atomic E-state index is -0.268. The Balaban J connectivity index is 1.37. The maximum absolute atomic E-state index is 13.2. The number of thiazole rings is 1. The summed E-state index contributed by atoms with van der Waals surface area (Å²) in [7, 11) is 1.70. The van der Waals surface area contributed by atoms with Gasteiger partial charge in [0.2, 0.25) is 5.91 Å². The number of carbonyl (C=O) groups is 1. The quantitative estimate of drug-likeness (QED) is 0.395. The van der Waals surface area contributed by atoms with Crippen LogP contribution in [0.5, 0.6) is 5.75 Å². The molecular formula is C26H24Cl2N2O3S2. The lowest BCUT2D eigenvalue weighted by Gasteiger charge is -2.40. The van der Waals surface area contributed by atoms with Crippen LogP contribution >= 0.6 is 46.3 Å². The summed E-state index contributed by atoms with van der Waals surface area (Å²) in [4.78, 5) is 27.2. The number of halogens is 2. The van der Waals surface area contributed by atoms with Gasteiger partial charge in [-0.05, 0) is 61.3 Å². The number of para-hydroxylation sites is 1. The average Bonchev–Trinajstić information content (AvgIpc) is 3.54. The van der Waals surface area contributed by atoms with Gasteiger partial charge in [-0.2, -0.15) is 0 Å². The first-order valence-electron chi connectivity index (χ1n) is 11.7. The number of amides is 1. The topological polar surface area (TPSA) is 60.3 Å². The molecule has 1 aromatic heterocycles. The highest BCUT2D eigenvalue weighted by molar-refractivity contribution is 8.00. The first-order valence-corrected chi connectivity index (χ1v) is 14.2. The van der Waals surface area contributed by atoms with Crippen molar-refractivity contribution in [3.8, 4) is 5.75 Å². The number of nitrogens with zero attached hydrogens (tertiary/aromatic N) is 1. The molecule has 5 atom stereocenters. The highest BCUT2D eigenvalue weighted by Gasteiger charge is 2.55. The maximum atomic E-state index is 13.2. The van der Waals surface area contributed by atoms with E-state index in [2.05, 4.69) is 11.4 Å². The lowest BCUT2D eigenvalue weighted by atomic mass is 9.74. The molecule has 5 nitrogen and oxygen atoms in total. The van der Waals surface area contributed by atoms with E-state index in [1.54, 1.807) is 29.9 Å². The van der Waals surface area contributed by atoms with Crippen molar-refractivity contribution in [2.24, 2.45) is 17.8 Å². The van der Waals surface area contributed by atoms with Crippen molar-refractivity contribution in [3.05, 3.63) is 72.6 Å². The fourth-order valence-corrected chi connectivity index (χ4v) is 9.72. The summed E-state index contributed by atoms with van der Waals surface area (Å²) in [5.41, 5.74) is 1.70. The second-order valence-electron chi connectivity index (χ2n) is 9.51. The van der Waals surface area contributed by atoms with Gasteiger partial charge >= 0.3 is 4.87 Å². The van der Waals surface area contributed by atoms with Crippen LogP contribution in [0.25, 0.3) is 0 Å². The van der Waals surface area contributed by atoms with Crippen LogP contribution in [0.15, 0.2) is 52.3 Å². The van der Waals surface area contributed by atoms with Gasteiger partial charge in [0.1, 0.15) is 12.3 Å². The molecule has 6 rings (SSSR count). The minimum absolute atomic E-state index is 0.0396. The zero-order chi connectivity index (χ0) is 24.3. The van der Waals surface area contributed by atoms with E-state index in [0.717, 1.165) is 21.2 Å². The van der Waals surface area contributed by atoms with Crippen molar-refractivity contribution < 1.29 is 9.53 Å². The van der Waals surface area contributed by atoms with E-state index in [0.29, 0.717) is 38.7 Å². The molecule has 1 N–H and O–H groups in total. The van der Waals surface area contributed by atoms with Crippen LogP contribution in [0.2, 0.25) is 10.0 Å². The average molecular weight is 548 g/mol. The third kappa shape index (κ3) is 4.01. The first kappa shape index (κ1) is 23.5. The van der Waals surface area contributed by atoms with E-state index in [9.17, 15) is 9.59 Å². The predicted octanol–water partition coefficient (Wildman–Crippen LogP) is 6.52. The summed E-state index contributed by atoms with van der Waals surface area (Å²) in [6.45, 7) is -0.0396. The molecule has 3 aliphatic rings. The Morgan fingerprint density at radius 2 is 1.94 bits per heavy atom. The van der Waals surface area contributed by atoms with E-state index in [4.69, 9.17) is 27.9 Å². The van der Waals surface area contributed by atoms with Crippen molar-refractivity contribution in [2.75, 3.05) is 12.4 Å². The molecule has 2 aliphatic carbocycles. The lowest BCUT2D eigenvalue weighted by Crippen LogP contribution is -2.35. The molecule has 2 heterocycles. The Morgan fingerprint density at radius 3 is 2.74 bits per heavy atom. The molecule has 3 aromatic rings. The van der Waals surface area contributed by atoms with Crippen molar-refractivity contribution in [3.63, 3.8) is 0 Å². The number of nitrogens with one attached hydrogen (secondary N) is 1. The SMILES string of the molecule is COc1ccccc1C1c2sc(=O)n(CC(=O)Nc3ccc(Cl)c(Cl)c3)c2SC2C3CCC(C3)C12. The molecule has 1 aliphatic heterocycles. The van der Waals surface area contributed by atoms with Crippen LogP contribution in [-0.2, 0) is 11.3 Å². The fraction of sp³-hybridized carbons (Fsp3) is 0.385. The van der Waals surface area contributed by atoms with E-state index < -0.39 is 0 Å². The van der Waals surface area contributed by atoms with Crippen LogP contribution < -0.4 is 14.9 Å². The number of benzene rings is 2. The number of carbonyl (C=O) groups excluding carboxylic acids is 1. The van der Waals surface area contributed by atoms with Crippen molar-refractivity contribution >= 4 is 57.9 Å². The van der Waals surface area contributed by atoms with Gasteiger partial charge in [0.15, 0.2) is 0 Å². The van der Waals surface area contributed by atoms with Gasteiger partial charge in [-0.3, -0.25) is 14.2 Å². The molecule has 5 unspecified atom stereocenters.